The smallest absolute Gasteiger partial charge is 0.338 e. The van der Waals surface area contributed by atoms with E-state index in [1.807, 2.05) is 6.07 Å². The number of esters is 1. The monoisotopic (exact) mass is 234 g/mol. The molecule has 0 unspecified atom stereocenters. The van der Waals surface area contributed by atoms with Crippen molar-refractivity contribution in [2.75, 3.05) is 13.2 Å². The van der Waals surface area contributed by atoms with E-state index in [2.05, 4.69) is 0 Å². The summed E-state index contributed by atoms with van der Waals surface area (Å²) in [7, 11) is 0. The van der Waals surface area contributed by atoms with E-state index >= 15 is 0 Å². The van der Waals surface area contributed by atoms with Crippen LogP contribution in [0.1, 0.15) is 23.7 Å². The van der Waals surface area contributed by atoms with Crippen LogP contribution in [0.2, 0.25) is 0 Å². The van der Waals surface area contributed by atoms with Crippen molar-refractivity contribution in [3.8, 4) is 0 Å². The first-order chi connectivity index (χ1) is 8.09. The molecule has 1 heterocycles. The van der Waals surface area contributed by atoms with Crippen LogP contribution in [0.3, 0.4) is 0 Å². The van der Waals surface area contributed by atoms with Crippen molar-refractivity contribution in [3.63, 3.8) is 0 Å². The van der Waals surface area contributed by atoms with Gasteiger partial charge < -0.3 is 9.47 Å². The fourth-order valence-corrected chi connectivity index (χ4v) is 1.74. The van der Waals surface area contributed by atoms with Gasteiger partial charge in [0.2, 0.25) is 0 Å². The van der Waals surface area contributed by atoms with Gasteiger partial charge in [0.05, 0.1) is 5.56 Å². The zero-order valence-electron chi connectivity index (χ0n) is 9.64. The Labute approximate surface area is 99.5 Å². The second-order valence-electron chi connectivity index (χ2n) is 4.40. The maximum Gasteiger partial charge on any atom is 0.338 e. The Morgan fingerprint density at radius 1 is 1.41 bits per heavy atom. The average molecular weight is 234 g/mol. The molecule has 0 aliphatic carbocycles. The lowest BCUT2D eigenvalue weighted by Gasteiger charge is -2.21. The highest BCUT2D eigenvalue weighted by atomic mass is 16.6. The summed E-state index contributed by atoms with van der Waals surface area (Å²) in [5, 5.41) is 0. The third-order valence-electron chi connectivity index (χ3n) is 2.67. The van der Waals surface area contributed by atoms with E-state index in [0.29, 0.717) is 12.0 Å². The zero-order chi connectivity index (χ0) is 12.3. The van der Waals surface area contributed by atoms with Gasteiger partial charge in [0.25, 0.3) is 0 Å². The standard InChI is InChI=1S/C13H14O4/c1-13(7-11(14)8-17-13)9-16-12(15)10-5-3-2-4-6-10/h2-6H,7-9H2,1H3/t13-/m0/s1. The van der Waals surface area contributed by atoms with Crippen LogP contribution in [0.5, 0.6) is 0 Å². The molecular weight excluding hydrogens is 220 g/mol. The van der Waals surface area contributed by atoms with Crippen LogP contribution in [-0.2, 0) is 14.3 Å². The molecule has 1 atom stereocenters. The van der Waals surface area contributed by atoms with Crippen LogP contribution >= 0.6 is 0 Å². The van der Waals surface area contributed by atoms with Crippen LogP contribution in [0, 0.1) is 0 Å². The zero-order valence-corrected chi connectivity index (χ0v) is 9.64. The molecule has 1 aromatic rings. The molecule has 1 aliphatic rings. The number of hydrogen-bond donors (Lipinski definition) is 0. The number of ketones is 1. The van der Waals surface area contributed by atoms with E-state index in [0.717, 1.165) is 0 Å². The molecule has 4 heteroatoms. The van der Waals surface area contributed by atoms with E-state index in [1.54, 1.807) is 31.2 Å². The maximum absolute atomic E-state index is 11.7. The highest BCUT2D eigenvalue weighted by molar-refractivity contribution is 5.89. The first-order valence-electron chi connectivity index (χ1n) is 5.47. The Morgan fingerprint density at radius 2 is 2.12 bits per heavy atom. The highest BCUT2D eigenvalue weighted by Crippen LogP contribution is 2.23. The van der Waals surface area contributed by atoms with Gasteiger partial charge in [-0.3, -0.25) is 4.79 Å². The third kappa shape index (κ3) is 2.91. The molecule has 0 spiro atoms. The van der Waals surface area contributed by atoms with E-state index in [1.165, 1.54) is 0 Å². The van der Waals surface area contributed by atoms with Gasteiger partial charge in [0.1, 0.15) is 18.8 Å². The summed E-state index contributed by atoms with van der Waals surface area (Å²) < 4.78 is 10.5. The lowest BCUT2D eigenvalue weighted by Crippen LogP contribution is -2.31. The second kappa shape index (κ2) is 4.67. The summed E-state index contributed by atoms with van der Waals surface area (Å²) >= 11 is 0. The summed E-state index contributed by atoms with van der Waals surface area (Å²) in [6.07, 6.45) is 0.301. The number of hydrogen-bond acceptors (Lipinski definition) is 4. The summed E-state index contributed by atoms with van der Waals surface area (Å²) in [6.45, 7) is 1.99. The van der Waals surface area contributed by atoms with Crippen LogP contribution in [0.25, 0.3) is 0 Å². The number of carbonyl (C=O) groups excluding carboxylic acids is 2. The second-order valence-corrected chi connectivity index (χ2v) is 4.40. The molecule has 0 amide bonds. The molecule has 1 saturated heterocycles. The van der Waals surface area contributed by atoms with Crippen molar-refractivity contribution in [2.24, 2.45) is 0 Å². The summed E-state index contributed by atoms with van der Waals surface area (Å²) in [5.41, 5.74) is -0.165. The molecule has 0 bridgehead atoms. The van der Waals surface area contributed by atoms with Crippen LogP contribution in [0.4, 0.5) is 0 Å². The molecule has 90 valence electrons. The van der Waals surface area contributed by atoms with Crippen molar-refractivity contribution in [2.45, 2.75) is 18.9 Å². The maximum atomic E-state index is 11.7. The number of ether oxygens (including phenoxy) is 2. The molecule has 4 nitrogen and oxygen atoms in total. The van der Waals surface area contributed by atoms with Gasteiger partial charge in [0.15, 0.2) is 5.78 Å². The number of Topliss-reactive ketones (excluding diaryl/α,β-unsaturated/α-hetero) is 1. The topological polar surface area (TPSA) is 52.6 Å². The number of carbonyl (C=O) groups is 2. The van der Waals surface area contributed by atoms with Gasteiger partial charge in [0, 0.05) is 6.42 Å². The van der Waals surface area contributed by atoms with E-state index in [-0.39, 0.29) is 19.0 Å². The molecule has 1 fully saturated rings. The van der Waals surface area contributed by atoms with Crippen molar-refractivity contribution >= 4 is 11.8 Å². The lowest BCUT2D eigenvalue weighted by atomic mass is 10.0. The first-order valence-corrected chi connectivity index (χ1v) is 5.47. The minimum atomic E-state index is -0.665. The van der Waals surface area contributed by atoms with Gasteiger partial charge in [-0.2, -0.15) is 0 Å². The van der Waals surface area contributed by atoms with E-state index in [4.69, 9.17) is 9.47 Å². The van der Waals surface area contributed by atoms with Crippen molar-refractivity contribution in [1.82, 2.24) is 0 Å². The Kier molecular flexibility index (Phi) is 3.24. The van der Waals surface area contributed by atoms with Crippen LogP contribution in [0.15, 0.2) is 30.3 Å². The predicted molar refractivity (Wildman–Crippen MR) is 60.7 cm³/mol. The molecule has 2 rings (SSSR count). The van der Waals surface area contributed by atoms with Crippen molar-refractivity contribution in [1.29, 1.82) is 0 Å². The Bertz CT molecular complexity index is 426. The molecule has 0 radical (unpaired) electrons. The molecule has 1 aromatic carbocycles. The molecular formula is C13H14O4. The van der Waals surface area contributed by atoms with Crippen LogP contribution < -0.4 is 0 Å². The number of rotatable bonds is 3. The predicted octanol–water partition coefficient (Wildman–Crippen LogP) is 1.59. The van der Waals surface area contributed by atoms with Crippen molar-refractivity contribution in [3.05, 3.63) is 35.9 Å². The summed E-state index contributed by atoms with van der Waals surface area (Å²) in [4.78, 5) is 22.8. The fraction of sp³-hybridized carbons (Fsp3) is 0.385. The van der Waals surface area contributed by atoms with Crippen LogP contribution in [-0.4, -0.2) is 30.6 Å². The Morgan fingerprint density at radius 3 is 2.71 bits per heavy atom. The molecule has 17 heavy (non-hydrogen) atoms. The average Bonchev–Trinajstić information content (AvgIpc) is 2.68. The van der Waals surface area contributed by atoms with Crippen molar-refractivity contribution < 1.29 is 19.1 Å². The van der Waals surface area contributed by atoms with Gasteiger partial charge in [-0.1, -0.05) is 18.2 Å². The van der Waals surface area contributed by atoms with E-state index in [9.17, 15) is 9.59 Å². The summed E-state index contributed by atoms with van der Waals surface area (Å²) in [6, 6.07) is 8.75. The quantitative estimate of drug-likeness (QED) is 0.745. The number of benzene rings is 1. The molecule has 0 N–H and O–H groups in total. The minimum Gasteiger partial charge on any atom is -0.459 e. The lowest BCUT2D eigenvalue weighted by molar-refractivity contribution is -0.117. The van der Waals surface area contributed by atoms with Gasteiger partial charge in [-0.25, -0.2) is 4.79 Å². The Hall–Kier alpha value is -1.68. The highest BCUT2D eigenvalue weighted by Gasteiger charge is 2.36. The van der Waals surface area contributed by atoms with Gasteiger partial charge >= 0.3 is 5.97 Å². The minimum absolute atomic E-state index is 0.0447. The normalized spacial score (nSPS) is 23.7. The molecule has 1 aliphatic heterocycles. The van der Waals surface area contributed by atoms with E-state index < -0.39 is 11.6 Å². The SMILES string of the molecule is C[C@@]1(COC(=O)c2ccccc2)CC(=O)CO1. The largest absolute Gasteiger partial charge is 0.459 e. The fourth-order valence-electron chi connectivity index (χ4n) is 1.74. The van der Waals surface area contributed by atoms with Gasteiger partial charge in [-0.05, 0) is 19.1 Å². The third-order valence-corrected chi connectivity index (χ3v) is 2.67. The van der Waals surface area contributed by atoms with Gasteiger partial charge in [-0.15, -0.1) is 0 Å². The molecule has 0 saturated carbocycles. The molecule has 0 aromatic heterocycles. The summed E-state index contributed by atoms with van der Waals surface area (Å²) in [5.74, 6) is -0.349. The Balaban J connectivity index is 1.91. The first kappa shape index (κ1) is 11.8.